The third-order valence-electron chi connectivity index (χ3n) is 3.11. The van der Waals surface area contributed by atoms with Crippen molar-refractivity contribution in [2.24, 2.45) is 0 Å². The highest BCUT2D eigenvalue weighted by molar-refractivity contribution is 5.81. The van der Waals surface area contributed by atoms with Crippen molar-refractivity contribution >= 4 is 10.9 Å². The maximum absolute atomic E-state index is 5.66. The van der Waals surface area contributed by atoms with Crippen LogP contribution < -0.4 is 4.74 Å². The average molecular weight is 261 g/mol. The minimum atomic E-state index is 0.778. The number of aromatic nitrogens is 1. The third-order valence-corrected chi connectivity index (χ3v) is 3.11. The summed E-state index contributed by atoms with van der Waals surface area (Å²) in [7, 11) is 0. The molecule has 0 atom stereocenters. The van der Waals surface area contributed by atoms with Crippen molar-refractivity contribution in [1.29, 1.82) is 0 Å². The summed E-state index contributed by atoms with van der Waals surface area (Å²) in [5, 5.41) is 1.24. The molecule has 104 valence electrons. The quantitative estimate of drug-likeness (QED) is 0.674. The van der Waals surface area contributed by atoms with Crippen LogP contribution in [0.2, 0.25) is 0 Å². The Kier molecular flexibility index (Phi) is 5.28. The maximum Gasteiger partial charge on any atom is 0.120 e. The minimum Gasteiger partial charge on any atom is -0.494 e. The van der Waals surface area contributed by atoms with Gasteiger partial charge in [0.15, 0.2) is 0 Å². The van der Waals surface area contributed by atoms with E-state index in [1.807, 2.05) is 6.92 Å². The van der Waals surface area contributed by atoms with E-state index in [1.165, 1.54) is 10.9 Å². The van der Waals surface area contributed by atoms with E-state index in [1.54, 1.807) is 0 Å². The van der Waals surface area contributed by atoms with Crippen LogP contribution >= 0.6 is 0 Å². The molecule has 1 aromatic heterocycles. The number of hydrogen-bond acceptors (Lipinski definition) is 2. The van der Waals surface area contributed by atoms with E-state index in [9.17, 15) is 0 Å². The Morgan fingerprint density at radius 2 is 2.00 bits per heavy atom. The van der Waals surface area contributed by atoms with Crippen LogP contribution in [0.4, 0.5) is 0 Å². The van der Waals surface area contributed by atoms with Crippen molar-refractivity contribution in [1.82, 2.24) is 4.57 Å². The first-order valence-corrected chi connectivity index (χ1v) is 7.14. The van der Waals surface area contributed by atoms with Crippen LogP contribution in [0.3, 0.4) is 0 Å². The van der Waals surface area contributed by atoms with E-state index in [4.69, 9.17) is 9.47 Å². The predicted octanol–water partition coefficient (Wildman–Crippen LogP) is 3.86. The third kappa shape index (κ3) is 3.74. The van der Waals surface area contributed by atoms with Crippen LogP contribution in [0.5, 0.6) is 5.75 Å². The van der Waals surface area contributed by atoms with Gasteiger partial charge in [0.1, 0.15) is 5.75 Å². The fraction of sp³-hybridized carbons (Fsp3) is 0.500. The molecule has 0 unspecified atom stereocenters. The zero-order valence-corrected chi connectivity index (χ0v) is 11.9. The summed E-state index contributed by atoms with van der Waals surface area (Å²) in [6.45, 7) is 7.55. The van der Waals surface area contributed by atoms with Crippen LogP contribution in [0, 0.1) is 0 Å². The standard InChI is InChI=1S/C16H23NO2/c1-3-11-19-15-6-7-16-14(13-15)8-10-17(16)9-5-12-18-4-2/h6-8,10,13H,3-5,9,11-12H2,1-2H3. The van der Waals surface area contributed by atoms with Gasteiger partial charge in [-0.1, -0.05) is 6.92 Å². The van der Waals surface area contributed by atoms with Gasteiger partial charge in [-0.3, -0.25) is 0 Å². The molecular formula is C16H23NO2. The molecule has 2 rings (SSSR count). The van der Waals surface area contributed by atoms with Crippen LogP contribution in [-0.2, 0) is 11.3 Å². The van der Waals surface area contributed by atoms with E-state index >= 15 is 0 Å². The van der Waals surface area contributed by atoms with Crippen molar-refractivity contribution in [2.45, 2.75) is 33.2 Å². The Balaban J connectivity index is 2.02. The first-order valence-electron chi connectivity index (χ1n) is 7.14. The fourth-order valence-electron chi connectivity index (χ4n) is 2.16. The van der Waals surface area contributed by atoms with Gasteiger partial charge in [-0.2, -0.15) is 0 Å². The molecule has 3 heteroatoms. The van der Waals surface area contributed by atoms with Gasteiger partial charge in [-0.25, -0.2) is 0 Å². The van der Waals surface area contributed by atoms with E-state index in [-0.39, 0.29) is 0 Å². The lowest BCUT2D eigenvalue weighted by Crippen LogP contribution is -2.01. The second kappa shape index (κ2) is 7.19. The number of benzene rings is 1. The van der Waals surface area contributed by atoms with Crippen LogP contribution in [-0.4, -0.2) is 24.4 Å². The zero-order valence-electron chi connectivity index (χ0n) is 11.9. The molecule has 0 saturated heterocycles. The van der Waals surface area contributed by atoms with Gasteiger partial charge in [-0.15, -0.1) is 0 Å². The summed E-state index contributed by atoms with van der Waals surface area (Å²) in [4.78, 5) is 0. The normalized spacial score (nSPS) is 11.1. The molecule has 1 heterocycles. The molecule has 0 aliphatic heterocycles. The summed E-state index contributed by atoms with van der Waals surface area (Å²) in [5.74, 6) is 0.960. The lowest BCUT2D eigenvalue weighted by atomic mass is 10.2. The molecule has 3 nitrogen and oxygen atoms in total. The monoisotopic (exact) mass is 261 g/mol. The number of nitrogens with zero attached hydrogens (tertiary/aromatic N) is 1. The number of aryl methyl sites for hydroxylation is 1. The summed E-state index contributed by atoms with van der Waals surface area (Å²) in [6, 6.07) is 8.46. The summed E-state index contributed by atoms with van der Waals surface area (Å²) in [6.07, 6.45) is 4.22. The Morgan fingerprint density at radius 1 is 1.11 bits per heavy atom. The van der Waals surface area contributed by atoms with Gasteiger partial charge in [0.25, 0.3) is 0 Å². The molecule has 0 amide bonds. The lowest BCUT2D eigenvalue weighted by molar-refractivity contribution is 0.142. The molecular weight excluding hydrogens is 238 g/mol. The highest BCUT2D eigenvalue weighted by Gasteiger charge is 2.02. The second-order valence-corrected chi connectivity index (χ2v) is 4.63. The molecule has 0 saturated carbocycles. The molecule has 2 aromatic rings. The molecule has 0 fully saturated rings. The maximum atomic E-state index is 5.66. The average Bonchev–Trinajstić information content (AvgIpc) is 2.84. The van der Waals surface area contributed by atoms with Crippen molar-refractivity contribution in [3.8, 4) is 5.75 Å². The van der Waals surface area contributed by atoms with Crippen LogP contribution in [0.25, 0.3) is 10.9 Å². The molecule has 0 spiro atoms. The Labute approximate surface area is 115 Å². The number of hydrogen-bond donors (Lipinski definition) is 0. The minimum absolute atomic E-state index is 0.778. The molecule has 19 heavy (non-hydrogen) atoms. The highest BCUT2D eigenvalue weighted by Crippen LogP contribution is 2.22. The summed E-state index contributed by atoms with van der Waals surface area (Å²) >= 11 is 0. The molecule has 0 bridgehead atoms. The number of ether oxygens (including phenoxy) is 2. The second-order valence-electron chi connectivity index (χ2n) is 4.63. The van der Waals surface area contributed by atoms with Crippen molar-refractivity contribution in [3.63, 3.8) is 0 Å². The van der Waals surface area contributed by atoms with Crippen LogP contribution in [0.15, 0.2) is 30.5 Å². The zero-order chi connectivity index (χ0) is 13.5. The van der Waals surface area contributed by atoms with Gasteiger partial charge >= 0.3 is 0 Å². The summed E-state index contributed by atoms with van der Waals surface area (Å²) in [5.41, 5.74) is 1.26. The van der Waals surface area contributed by atoms with E-state index < -0.39 is 0 Å². The van der Waals surface area contributed by atoms with Crippen LogP contribution in [0.1, 0.15) is 26.7 Å². The predicted molar refractivity (Wildman–Crippen MR) is 78.8 cm³/mol. The molecule has 1 aromatic carbocycles. The first kappa shape index (κ1) is 13.9. The fourth-order valence-corrected chi connectivity index (χ4v) is 2.16. The summed E-state index contributed by atoms with van der Waals surface area (Å²) < 4.78 is 13.3. The Bertz CT molecular complexity index is 504. The topological polar surface area (TPSA) is 23.4 Å². The SMILES string of the molecule is CCCOc1ccc2c(ccn2CCCOCC)c1. The van der Waals surface area contributed by atoms with Gasteiger partial charge in [0.05, 0.1) is 6.61 Å². The van der Waals surface area contributed by atoms with Crippen molar-refractivity contribution in [2.75, 3.05) is 19.8 Å². The molecule has 0 aliphatic rings. The molecule has 0 radical (unpaired) electrons. The van der Waals surface area contributed by atoms with Crippen molar-refractivity contribution in [3.05, 3.63) is 30.5 Å². The molecule has 0 aliphatic carbocycles. The van der Waals surface area contributed by atoms with E-state index in [0.717, 1.165) is 45.0 Å². The van der Waals surface area contributed by atoms with Gasteiger partial charge in [-0.05, 0) is 44.0 Å². The van der Waals surface area contributed by atoms with Crippen molar-refractivity contribution < 1.29 is 9.47 Å². The highest BCUT2D eigenvalue weighted by atomic mass is 16.5. The van der Waals surface area contributed by atoms with Gasteiger partial charge < -0.3 is 14.0 Å². The first-order chi connectivity index (χ1) is 9.35. The number of rotatable bonds is 8. The van der Waals surface area contributed by atoms with Gasteiger partial charge in [0, 0.05) is 36.9 Å². The Morgan fingerprint density at radius 3 is 2.79 bits per heavy atom. The lowest BCUT2D eigenvalue weighted by Gasteiger charge is -2.07. The van der Waals surface area contributed by atoms with E-state index in [2.05, 4.69) is 42.0 Å². The Hall–Kier alpha value is -1.48. The van der Waals surface area contributed by atoms with E-state index in [0.29, 0.717) is 0 Å². The smallest absolute Gasteiger partial charge is 0.120 e. The number of fused-ring (bicyclic) bond motifs is 1. The largest absolute Gasteiger partial charge is 0.494 e. The van der Waals surface area contributed by atoms with Gasteiger partial charge in [0.2, 0.25) is 0 Å². The molecule has 0 N–H and O–H groups in total.